The van der Waals surface area contributed by atoms with Gasteiger partial charge in [0, 0.05) is 12.1 Å². The number of hydrogen-bond acceptors (Lipinski definition) is 5. The zero-order chi connectivity index (χ0) is 15.6. The lowest BCUT2D eigenvalue weighted by atomic mass is 10.2. The molecular formula is C11H5ClF3N3O3. The lowest BCUT2D eigenvalue weighted by Gasteiger charge is -2.09. The lowest BCUT2D eigenvalue weighted by molar-refractivity contribution is -0.385. The first-order valence-electron chi connectivity index (χ1n) is 5.30. The Labute approximate surface area is 120 Å². The van der Waals surface area contributed by atoms with E-state index >= 15 is 0 Å². The number of alkyl halides is 3. The van der Waals surface area contributed by atoms with Gasteiger partial charge in [-0.1, -0.05) is 11.6 Å². The van der Waals surface area contributed by atoms with Gasteiger partial charge >= 0.3 is 11.9 Å². The van der Waals surface area contributed by atoms with Gasteiger partial charge in [-0.05, 0) is 18.2 Å². The van der Waals surface area contributed by atoms with Gasteiger partial charge in [-0.3, -0.25) is 10.1 Å². The summed E-state index contributed by atoms with van der Waals surface area (Å²) in [4.78, 5) is 9.87. The molecule has 0 bridgehead atoms. The second-order valence-corrected chi connectivity index (χ2v) is 4.12. The molecule has 21 heavy (non-hydrogen) atoms. The number of nitro groups is 1. The number of benzene rings is 1. The summed E-state index contributed by atoms with van der Waals surface area (Å²) in [5, 5.41) is 17.9. The molecule has 0 aliphatic rings. The first kappa shape index (κ1) is 15.0. The van der Waals surface area contributed by atoms with Crippen LogP contribution in [0.4, 0.5) is 18.9 Å². The zero-order valence-corrected chi connectivity index (χ0v) is 10.7. The van der Waals surface area contributed by atoms with Crippen molar-refractivity contribution in [2.75, 3.05) is 0 Å². The predicted molar refractivity (Wildman–Crippen MR) is 65.2 cm³/mol. The van der Waals surface area contributed by atoms with Crippen LogP contribution in [0.1, 0.15) is 5.56 Å². The highest BCUT2D eigenvalue weighted by atomic mass is 35.5. The van der Waals surface area contributed by atoms with Gasteiger partial charge in [-0.15, -0.1) is 10.2 Å². The predicted octanol–water partition coefficient (Wildman–Crippen LogP) is 3.85. The molecule has 110 valence electrons. The number of rotatable bonds is 3. The average molecular weight is 320 g/mol. The standard InChI is InChI=1S/C11H5ClF3N3O3/c12-9-3-4-10(17-16-9)21-8-2-1-6(11(13,14)15)5-7(8)18(19)20/h1-5H. The molecule has 0 saturated carbocycles. The highest BCUT2D eigenvalue weighted by Crippen LogP contribution is 2.37. The summed E-state index contributed by atoms with van der Waals surface area (Å²) < 4.78 is 42.7. The van der Waals surface area contributed by atoms with Crippen molar-refractivity contribution in [3.8, 4) is 11.6 Å². The van der Waals surface area contributed by atoms with E-state index in [-0.39, 0.29) is 16.8 Å². The largest absolute Gasteiger partial charge is 0.430 e. The molecule has 0 aliphatic heterocycles. The van der Waals surface area contributed by atoms with E-state index in [1.165, 1.54) is 12.1 Å². The van der Waals surface area contributed by atoms with Crippen molar-refractivity contribution < 1.29 is 22.8 Å². The Hall–Kier alpha value is -2.42. The fraction of sp³-hybridized carbons (Fsp3) is 0.0909. The van der Waals surface area contributed by atoms with Crippen LogP contribution in [0.3, 0.4) is 0 Å². The molecule has 1 aromatic heterocycles. The molecule has 6 nitrogen and oxygen atoms in total. The van der Waals surface area contributed by atoms with E-state index in [2.05, 4.69) is 10.2 Å². The molecule has 1 aromatic carbocycles. The topological polar surface area (TPSA) is 78.2 Å². The Bertz CT molecular complexity index is 677. The Balaban J connectivity index is 2.39. The Morgan fingerprint density at radius 3 is 2.43 bits per heavy atom. The van der Waals surface area contributed by atoms with Crippen molar-refractivity contribution in [1.29, 1.82) is 0 Å². The van der Waals surface area contributed by atoms with Crippen molar-refractivity contribution in [3.63, 3.8) is 0 Å². The zero-order valence-electron chi connectivity index (χ0n) is 9.96. The monoisotopic (exact) mass is 319 g/mol. The Kier molecular flexibility index (Phi) is 3.94. The summed E-state index contributed by atoms with van der Waals surface area (Å²) in [6.07, 6.45) is -4.69. The SMILES string of the molecule is O=[N+]([O-])c1cc(C(F)(F)F)ccc1Oc1ccc(Cl)nn1. The maximum Gasteiger partial charge on any atom is 0.416 e. The minimum Gasteiger partial charge on any atom is -0.430 e. The van der Waals surface area contributed by atoms with Crippen LogP contribution in [0, 0.1) is 10.1 Å². The third kappa shape index (κ3) is 3.57. The molecule has 0 radical (unpaired) electrons. The van der Waals surface area contributed by atoms with Crippen LogP contribution < -0.4 is 4.74 Å². The van der Waals surface area contributed by atoms with E-state index in [4.69, 9.17) is 16.3 Å². The number of nitrogens with zero attached hydrogens (tertiary/aromatic N) is 3. The number of hydrogen-bond donors (Lipinski definition) is 0. The van der Waals surface area contributed by atoms with E-state index in [0.29, 0.717) is 12.1 Å². The van der Waals surface area contributed by atoms with E-state index in [0.717, 1.165) is 6.07 Å². The Morgan fingerprint density at radius 2 is 1.90 bits per heavy atom. The van der Waals surface area contributed by atoms with E-state index in [9.17, 15) is 23.3 Å². The molecule has 1 heterocycles. The van der Waals surface area contributed by atoms with Gasteiger partial charge in [0.1, 0.15) is 0 Å². The van der Waals surface area contributed by atoms with Crippen LogP contribution in [0.25, 0.3) is 0 Å². The molecule has 0 aliphatic carbocycles. The first-order chi connectivity index (χ1) is 9.77. The van der Waals surface area contributed by atoms with Crippen LogP contribution in [-0.2, 0) is 6.18 Å². The average Bonchev–Trinajstić information content (AvgIpc) is 2.40. The van der Waals surface area contributed by atoms with Gasteiger partial charge in [-0.2, -0.15) is 13.2 Å². The maximum absolute atomic E-state index is 12.5. The van der Waals surface area contributed by atoms with E-state index in [1.54, 1.807) is 0 Å². The molecular weight excluding hydrogens is 315 g/mol. The van der Waals surface area contributed by atoms with Crippen molar-refractivity contribution in [2.45, 2.75) is 6.18 Å². The third-order valence-corrected chi connectivity index (χ3v) is 2.51. The molecule has 0 saturated heterocycles. The van der Waals surface area contributed by atoms with E-state index in [1.807, 2.05) is 0 Å². The number of halogens is 4. The summed E-state index contributed by atoms with van der Waals surface area (Å²) in [6, 6.07) is 4.50. The highest BCUT2D eigenvalue weighted by molar-refractivity contribution is 6.29. The molecule has 0 amide bonds. The summed E-state index contributed by atoms with van der Waals surface area (Å²) in [5.74, 6) is -0.521. The van der Waals surface area contributed by atoms with E-state index < -0.39 is 22.4 Å². The molecule has 0 spiro atoms. The molecule has 0 unspecified atom stereocenters. The van der Waals surface area contributed by atoms with Crippen LogP contribution in [0.2, 0.25) is 5.15 Å². The van der Waals surface area contributed by atoms with Crippen molar-refractivity contribution in [3.05, 3.63) is 51.2 Å². The summed E-state index contributed by atoms with van der Waals surface area (Å²) in [5.41, 5.74) is -1.98. The van der Waals surface area contributed by atoms with Gasteiger partial charge in [0.05, 0.1) is 10.5 Å². The lowest BCUT2D eigenvalue weighted by Crippen LogP contribution is -2.06. The van der Waals surface area contributed by atoms with Gasteiger partial charge in [-0.25, -0.2) is 0 Å². The number of aromatic nitrogens is 2. The first-order valence-corrected chi connectivity index (χ1v) is 5.68. The second kappa shape index (κ2) is 5.52. The maximum atomic E-state index is 12.5. The van der Waals surface area contributed by atoms with Crippen molar-refractivity contribution in [2.24, 2.45) is 0 Å². The number of nitro benzene ring substituents is 1. The van der Waals surface area contributed by atoms with Crippen LogP contribution >= 0.6 is 11.6 Å². The van der Waals surface area contributed by atoms with Gasteiger partial charge in [0.25, 0.3) is 0 Å². The molecule has 2 rings (SSSR count). The molecule has 0 atom stereocenters. The molecule has 0 fully saturated rings. The van der Waals surface area contributed by atoms with Crippen LogP contribution in [0.5, 0.6) is 11.6 Å². The quantitative estimate of drug-likeness (QED) is 0.634. The highest BCUT2D eigenvalue weighted by Gasteiger charge is 2.33. The fourth-order valence-corrected chi connectivity index (χ4v) is 1.49. The normalized spacial score (nSPS) is 11.2. The molecule has 0 N–H and O–H groups in total. The van der Waals surface area contributed by atoms with Crippen LogP contribution in [-0.4, -0.2) is 15.1 Å². The second-order valence-electron chi connectivity index (χ2n) is 3.73. The van der Waals surface area contributed by atoms with Crippen LogP contribution in [0.15, 0.2) is 30.3 Å². The fourth-order valence-electron chi connectivity index (χ4n) is 1.39. The molecule has 10 heteroatoms. The van der Waals surface area contributed by atoms with Gasteiger partial charge < -0.3 is 4.74 Å². The minimum atomic E-state index is -4.69. The van der Waals surface area contributed by atoms with Crippen molar-refractivity contribution >= 4 is 17.3 Å². The van der Waals surface area contributed by atoms with Crippen molar-refractivity contribution in [1.82, 2.24) is 10.2 Å². The van der Waals surface area contributed by atoms with Gasteiger partial charge in [0.15, 0.2) is 5.15 Å². The third-order valence-electron chi connectivity index (χ3n) is 2.31. The summed E-state index contributed by atoms with van der Waals surface area (Å²) in [6.45, 7) is 0. The molecule has 2 aromatic rings. The Morgan fingerprint density at radius 1 is 1.19 bits per heavy atom. The van der Waals surface area contributed by atoms with Gasteiger partial charge in [0.2, 0.25) is 11.6 Å². The smallest absolute Gasteiger partial charge is 0.416 e. The summed E-state index contributed by atoms with van der Waals surface area (Å²) in [7, 11) is 0. The minimum absolute atomic E-state index is 0.0734. The number of ether oxygens (including phenoxy) is 1. The summed E-state index contributed by atoms with van der Waals surface area (Å²) >= 11 is 5.50.